The van der Waals surface area contributed by atoms with E-state index in [0.717, 1.165) is 49.1 Å². The zero-order valence-corrected chi connectivity index (χ0v) is 12.6. The van der Waals surface area contributed by atoms with Gasteiger partial charge < -0.3 is 4.74 Å². The zero-order chi connectivity index (χ0) is 14.1. The van der Waals surface area contributed by atoms with Gasteiger partial charge in [-0.15, -0.1) is 11.6 Å². The quantitative estimate of drug-likeness (QED) is 0.225. The Morgan fingerprint density at radius 3 is 2.74 bits per heavy atom. The van der Waals surface area contributed by atoms with E-state index in [1.807, 2.05) is 6.92 Å². The van der Waals surface area contributed by atoms with Gasteiger partial charge in [0.05, 0.1) is 6.61 Å². The van der Waals surface area contributed by atoms with Gasteiger partial charge in [0.15, 0.2) is 0 Å². The Morgan fingerprint density at radius 1 is 1.32 bits per heavy atom. The molecule has 1 aliphatic heterocycles. The van der Waals surface area contributed by atoms with Crippen LogP contribution in [0.4, 0.5) is 0 Å². The molecule has 0 atom stereocenters. The fourth-order valence-electron chi connectivity index (χ4n) is 1.94. The van der Waals surface area contributed by atoms with Gasteiger partial charge in [-0.05, 0) is 39.5 Å². The highest BCUT2D eigenvalue weighted by Gasteiger charge is 2.20. The molecule has 1 heterocycles. The highest BCUT2D eigenvalue weighted by atomic mass is 35.5. The number of halogens is 1. The summed E-state index contributed by atoms with van der Waals surface area (Å²) in [6.07, 6.45) is 11.2. The molecule has 0 saturated carbocycles. The third-order valence-corrected chi connectivity index (χ3v) is 3.48. The fourth-order valence-corrected chi connectivity index (χ4v) is 2.09. The fraction of sp³-hybridized carbons (Fsp3) is 0.562. The van der Waals surface area contributed by atoms with Gasteiger partial charge in [-0.2, -0.15) is 0 Å². The van der Waals surface area contributed by atoms with Crippen LogP contribution in [0.3, 0.4) is 0 Å². The number of cyclic esters (lactones) is 1. The van der Waals surface area contributed by atoms with E-state index < -0.39 is 0 Å². The van der Waals surface area contributed by atoms with E-state index in [1.54, 1.807) is 0 Å². The topological polar surface area (TPSA) is 26.3 Å². The minimum Gasteiger partial charge on any atom is -0.462 e. The van der Waals surface area contributed by atoms with Crippen molar-refractivity contribution in [1.82, 2.24) is 0 Å². The van der Waals surface area contributed by atoms with Gasteiger partial charge in [0, 0.05) is 17.9 Å². The molecule has 19 heavy (non-hydrogen) atoms. The average molecular weight is 283 g/mol. The van der Waals surface area contributed by atoms with Crippen molar-refractivity contribution in [1.29, 1.82) is 0 Å². The van der Waals surface area contributed by atoms with Crippen LogP contribution in [0, 0.1) is 0 Å². The first-order valence-corrected chi connectivity index (χ1v) is 7.41. The van der Waals surface area contributed by atoms with Gasteiger partial charge >= 0.3 is 5.97 Å². The molecule has 0 N–H and O–H groups in total. The molecule has 0 amide bonds. The molecule has 0 spiro atoms. The molecule has 1 rings (SSSR count). The Balaban J connectivity index is 2.39. The standard InChI is InChI=1S/C16H23ClO2/c1-13(7-5-3-4-6-11-17)8-9-14(2)15-10-12-19-16(15)18/h3,5,8H,4,6-7,9-12H2,1-2H3/b5-3+,13-8+,15-14-. The Bertz CT molecular complexity index is 392. The molecule has 0 aromatic rings. The van der Waals surface area contributed by atoms with Crippen LogP contribution in [0.5, 0.6) is 0 Å². The number of ether oxygens (including phenoxy) is 1. The molecule has 1 fully saturated rings. The lowest BCUT2D eigenvalue weighted by atomic mass is 10.0. The summed E-state index contributed by atoms with van der Waals surface area (Å²) in [5.74, 6) is 0.590. The number of hydrogen-bond acceptors (Lipinski definition) is 2. The van der Waals surface area contributed by atoms with Crippen molar-refractivity contribution >= 4 is 17.6 Å². The predicted octanol–water partition coefficient (Wildman–Crippen LogP) is 4.55. The minimum atomic E-state index is -0.135. The zero-order valence-electron chi connectivity index (χ0n) is 11.9. The Labute approximate surface area is 121 Å². The number of alkyl halides is 1. The molecule has 1 aliphatic rings. The molecule has 0 radical (unpaired) electrons. The first kappa shape index (κ1) is 16.0. The average Bonchev–Trinajstić information content (AvgIpc) is 2.82. The lowest BCUT2D eigenvalue weighted by Gasteiger charge is -2.01. The van der Waals surface area contributed by atoms with Crippen LogP contribution < -0.4 is 0 Å². The van der Waals surface area contributed by atoms with E-state index in [-0.39, 0.29) is 5.97 Å². The van der Waals surface area contributed by atoms with E-state index in [2.05, 4.69) is 25.2 Å². The normalized spacial score (nSPS) is 19.1. The number of hydrogen-bond donors (Lipinski definition) is 0. The van der Waals surface area contributed by atoms with Gasteiger partial charge in [0.25, 0.3) is 0 Å². The van der Waals surface area contributed by atoms with Crippen LogP contribution in [0.2, 0.25) is 0 Å². The van der Waals surface area contributed by atoms with Crippen molar-refractivity contribution < 1.29 is 9.53 Å². The largest absolute Gasteiger partial charge is 0.462 e. The Kier molecular flexibility index (Phi) is 7.57. The number of esters is 1. The van der Waals surface area contributed by atoms with Crippen molar-refractivity contribution in [3.05, 3.63) is 34.9 Å². The minimum absolute atomic E-state index is 0.135. The third kappa shape index (κ3) is 6.11. The first-order valence-electron chi connectivity index (χ1n) is 6.87. The van der Waals surface area contributed by atoms with E-state index in [0.29, 0.717) is 6.61 Å². The van der Waals surface area contributed by atoms with Crippen LogP contribution in [-0.2, 0) is 9.53 Å². The van der Waals surface area contributed by atoms with Gasteiger partial charge in [0.1, 0.15) is 0 Å². The lowest BCUT2D eigenvalue weighted by molar-refractivity contribution is -0.135. The SMILES string of the molecule is C/C(C/C=C(\C)C/C=C/CCCCl)=C1\CCOC1=O. The molecular weight excluding hydrogens is 260 g/mol. The van der Waals surface area contributed by atoms with Crippen LogP contribution >= 0.6 is 11.6 Å². The summed E-state index contributed by atoms with van der Waals surface area (Å²) in [5, 5.41) is 0. The summed E-state index contributed by atoms with van der Waals surface area (Å²) >= 11 is 5.61. The van der Waals surface area contributed by atoms with Crippen molar-refractivity contribution in [2.24, 2.45) is 0 Å². The van der Waals surface area contributed by atoms with E-state index in [4.69, 9.17) is 16.3 Å². The number of allylic oxidation sites excluding steroid dienone is 5. The molecule has 0 aromatic heterocycles. The molecule has 0 aromatic carbocycles. The molecule has 0 aliphatic carbocycles. The molecule has 0 bridgehead atoms. The first-order chi connectivity index (χ1) is 9.15. The third-order valence-electron chi connectivity index (χ3n) is 3.21. The van der Waals surface area contributed by atoms with Crippen LogP contribution in [0.25, 0.3) is 0 Å². The smallest absolute Gasteiger partial charge is 0.334 e. The number of carbonyl (C=O) groups excluding carboxylic acids is 1. The van der Waals surface area contributed by atoms with Gasteiger partial charge in [-0.25, -0.2) is 4.79 Å². The highest BCUT2D eigenvalue weighted by Crippen LogP contribution is 2.20. The second-order valence-electron chi connectivity index (χ2n) is 4.91. The molecule has 106 valence electrons. The van der Waals surface area contributed by atoms with Gasteiger partial charge in [0.2, 0.25) is 0 Å². The van der Waals surface area contributed by atoms with Crippen LogP contribution in [0.1, 0.15) is 46.0 Å². The predicted molar refractivity (Wildman–Crippen MR) is 80.4 cm³/mol. The Morgan fingerprint density at radius 2 is 2.11 bits per heavy atom. The highest BCUT2D eigenvalue weighted by molar-refractivity contribution is 6.17. The summed E-state index contributed by atoms with van der Waals surface area (Å²) < 4.78 is 4.96. The van der Waals surface area contributed by atoms with Crippen LogP contribution in [0.15, 0.2) is 34.9 Å². The molecule has 1 saturated heterocycles. The van der Waals surface area contributed by atoms with E-state index >= 15 is 0 Å². The second kappa shape index (κ2) is 8.98. The lowest BCUT2D eigenvalue weighted by Crippen LogP contribution is -1.97. The summed E-state index contributed by atoms with van der Waals surface area (Å²) in [4.78, 5) is 11.4. The van der Waals surface area contributed by atoms with E-state index in [1.165, 1.54) is 5.57 Å². The number of unbranched alkanes of at least 4 members (excludes halogenated alkanes) is 1. The monoisotopic (exact) mass is 282 g/mol. The second-order valence-corrected chi connectivity index (χ2v) is 5.28. The summed E-state index contributed by atoms with van der Waals surface area (Å²) in [7, 11) is 0. The summed E-state index contributed by atoms with van der Waals surface area (Å²) in [6, 6.07) is 0. The van der Waals surface area contributed by atoms with Crippen molar-refractivity contribution in [3.63, 3.8) is 0 Å². The molecular formula is C16H23ClO2. The van der Waals surface area contributed by atoms with Crippen molar-refractivity contribution in [2.75, 3.05) is 12.5 Å². The number of rotatable bonds is 7. The molecule has 0 unspecified atom stereocenters. The number of carbonyl (C=O) groups is 1. The Hall–Kier alpha value is -1.02. The summed E-state index contributed by atoms with van der Waals surface area (Å²) in [5.41, 5.74) is 3.32. The summed E-state index contributed by atoms with van der Waals surface area (Å²) in [6.45, 7) is 4.68. The van der Waals surface area contributed by atoms with Gasteiger partial charge in [-0.3, -0.25) is 0 Å². The van der Waals surface area contributed by atoms with Gasteiger partial charge in [-0.1, -0.05) is 29.4 Å². The maximum absolute atomic E-state index is 11.4. The van der Waals surface area contributed by atoms with Crippen molar-refractivity contribution in [3.8, 4) is 0 Å². The molecule has 2 nitrogen and oxygen atoms in total. The van der Waals surface area contributed by atoms with Crippen molar-refractivity contribution in [2.45, 2.75) is 46.0 Å². The van der Waals surface area contributed by atoms with E-state index in [9.17, 15) is 4.79 Å². The maximum Gasteiger partial charge on any atom is 0.334 e. The van der Waals surface area contributed by atoms with Crippen LogP contribution in [-0.4, -0.2) is 18.5 Å². The maximum atomic E-state index is 11.4. The molecule has 3 heteroatoms.